The number of benzene rings is 1. The lowest BCUT2D eigenvalue weighted by molar-refractivity contribution is 0.528. The molecule has 4 aromatic rings. The molecule has 0 aliphatic heterocycles. The number of nitrogens with one attached hydrogen (secondary N) is 1. The van der Waals surface area contributed by atoms with Crippen LogP contribution in [0.2, 0.25) is 0 Å². The number of rotatable bonds is 4. The Morgan fingerprint density at radius 2 is 2.04 bits per heavy atom. The minimum atomic E-state index is -0.130. The van der Waals surface area contributed by atoms with Crippen LogP contribution in [0.3, 0.4) is 0 Å². The quantitative estimate of drug-likeness (QED) is 0.452. The van der Waals surface area contributed by atoms with Crippen molar-refractivity contribution in [3.63, 3.8) is 0 Å². The third kappa shape index (κ3) is 2.90. The van der Waals surface area contributed by atoms with Crippen molar-refractivity contribution in [2.75, 3.05) is 0 Å². The smallest absolute Gasteiger partial charge is 0.260 e. The molecule has 3 aromatic heterocycles. The van der Waals surface area contributed by atoms with Gasteiger partial charge >= 0.3 is 0 Å². The molecule has 3 heterocycles. The van der Waals surface area contributed by atoms with Crippen LogP contribution >= 0.6 is 23.1 Å². The molecule has 114 valence electrons. The van der Waals surface area contributed by atoms with Gasteiger partial charge in [-0.15, -0.1) is 21.5 Å². The lowest BCUT2D eigenvalue weighted by Gasteiger charge is -1.98. The number of thioether (sulfide) groups is 1. The number of H-pyrrole nitrogens is 1. The van der Waals surface area contributed by atoms with Gasteiger partial charge in [0, 0.05) is 5.56 Å². The average Bonchev–Trinajstić information content (AvgIpc) is 3.23. The maximum atomic E-state index is 11.9. The van der Waals surface area contributed by atoms with Gasteiger partial charge in [0.15, 0.2) is 5.16 Å². The molecule has 0 amide bonds. The van der Waals surface area contributed by atoms with Crippen molar-refractivity contribution in [1.29, 1.82) is 0 Å². The molecule has 0 unspecified atom stereocenters. The second kappa shape index (κ2) is 5.98. The minimum Gasteiger partial charge on any atom is -0.420 e. The van der Waals surface area contributed by atoms with E-state index in [1.54, 1.807) is 6.07 Å². The van der Waals surface area contributed by atoms with Gasteiger partial charge in [-0.1, -0.05) is 30.0 Å². The highest BCUT2D eigenvalue weighted by Crippen LogP contribution is 2.23. The number of fused-ring (bicyclic) bond motifs is 1. The van der Waals surface area contributed by atoms with Crippen molar-refractivity contribution in [3.8, 4) is 11.5 Å². The van der Waals surface area contributed by atoms with Gasteiger partial charge in [0.25, 0.3) is 5.56 Å². The molecule has 4 rings (SSSR count). The fraction of sp³-hybridized carbons (Fsp3) is 0.0667. The molecule has 0 saturated heterocycles. The first-order chi connectivity index (χ1) is 11.3. The third-order valence-electron chi connectivity index (χ3n) is 3.13. The van der Waals surface area contributed by atoms with Gasteiger partial charge in [0.1, 0.15) is 4.83 Å². The van der Waals surface area contributed by atoms with Crippen molar-refractivity contribution in [1.82, 2.24) is 20.2 Å². The standard InChI is InChI=1S/C15H10N4O2S2/c20-12-10-6-7-22-14(10)17-15(16-12)23-8-11-18-19-13(21-11)9-4-2-1-3-5-9/h1-7H,8H2,(H,16,17,20). The first kappa shape index (κ1) is 14.2. The lowest BCUT2D eigenvalue weighted by Crippen LogP contribution is -2.07. The molecule has 8 heteroatoms. The monoisotopic (exact) mass is 342 g/mol. The Morgan fingerprint density at radius 3 is 2.91 bits per heavy atom. The Morgan fingerprint density at radius 1 is 1.17 bits per heavy atom. The van der Waals surface area contributed by atoms with Gasteiger partial charge in [-0.25, -0.2) is 4.98 Å². The molecular weight excluding hydrogens is 332 g/mol. The number of hydrogen-bond donors (Lipinski definition) is 1. The van der Waals surface area contributed by atoms with Crippen LogP contribution in [0.4, 0.5) is 0 Å². The molecule has 0 aliphatic carbocycles. The second-order valence-electron chi connectivity index (χ2n) is 4.67. The number of aromatic nitrogens is 4. The predicted molar refractivity (Wildman–Crippen MR) is 89.5 cm³/mol. The Kier molecular flexibility index (Phi) is 3.68. The van der Waals surface area contributed by atoms with Crippen LogP contribution in [0.15, 0.2) is 56.1 Å². The zero-order valence-corrected chi connectivity index (χ0v) is 13.4. The highest BCUT2D eigenvalue weighted by Gasteiger charge is 2.10. The summed E-state index contributed by atoms with van der Waals surface area (Å²) in [7, 11) is 0. The lowest BCUT2D eigenvalue weighted by atomic mass is 10.2. The predicted octanol–water partition coefficient (Wildman–Crippen LogP) is 3.33. The van der Waals surface area contributed by atoms with Gasteiger partial charge in [-0.3, -0.25) is 4.79 Å². The maximum absolute atomic E-state index is 11.9. The highest BCUT2D eigenvalue weighted by molar-refractivity contribution is 7.98. The molecular formula is C15H10N4O2S2. The van der Waals surface area contributed by atoms with Crippen LogP contribution < -0.4 is 5.56 Å². The van der Waals surface area contributed by atoms with Gasteiger partial charge in [-0.2, -0.15) is 0 Å². The number of aromatic amines is 1. The third-order valence-corrected chi connectivity index (χ3v) is 4.80. The van der Waals surface area contributed by atoms with Crippen LogP contribution in [-0.2, 0) is 5.75 Å². The highest BCUT2D eigenvalue weighted by atomic mass is 32.2. The Bertz CT molecular complexity index is 1010. The van der Waals surface area contributed by atoms with E-state index >= 15 is 0 Å². The summed E-state index contributed by atoms with van der Waals surface area (Å²) in [5.74, 6) is 1.42. The molecule has 0 radical (unpaired) electrons. The normalized spacial score (nSPS) is 11.1. The van der Waals surface area contributed by atoms with Gasteiger partial charge in [0.2, 0.25) is 11.8 Å². The molecule has 0 fully saturated rings. The summed E-state index contributed by atoms with van der Waals surface area (Å²) in [5.41, 5.74) is 0.747. The Hall–Kier alpha value is -2.45. The van der Waals surface area contributed by atoms with Crippen molar-refractivity contribution in [3.05, 3.63) is 58.0 Å². The first-order valence-electron chi connectivity index (χ1n) is 6.78. The summed E-state index contributed by atoms with van der Waals surface area (Å²) < 4.78 is 5.63. The van der Waals surface area contributed by atoms with E-state index in [9.17, 15) is 4.79 Å². The molecule has 0 spiro atoms. The second-order valence-corrected chi connectivity index (χ2v) is 6.52. The molecule has 1 N–H and O–H groups in total. The van der Waals surface area contributed by atoms with E-state index in [4.69, 9.17) is 4.42 Å². The summed E-state index contributed by atoms with van der Waals surface area (Å²) in [4.78, 5) is 19.8. The molecule has 0 atom stereocenters. The van der Waals surface area contributed by atoms with Crippen molar-refractivity contribution in [2.24, 2.45) is 0 Å². The van der Waals surface area contributed by atoms with E-state index in [0.717, 1.165) is 10.4 Å². The zero-order valence-electron chi connectivity index (χ0n) is 11.7. The molecule has 0 bridgehead atoms. The van der Waals surface area contributed by atoms with E-state index in [2.05, 4.69) is 20.2 Å². The Balaban J connectivity index is 1.52. The summed E-state index contributed by atoms with van der Waals surface area (Å²) >= 11 is 2.80. The largest absolute Gasteiger partial charge is 0.420 e. The summed E-state index contributed by atoms with van der Waals surface area (Å²) in [5, 5.41) is 11.1. The molecule has 23 heavy (non-hydrogen) atoms. The summed E-state index contributed by atoms with van der Waals surface area (Å²) in [6.45, 7) is 0. The van der Waals surface area contributed by atoms with Crippen LogP contribution in [0.1, 0.15) is 5.89 Å². The fourth-order valence-corrected chi connectivity index (χ4v) is 3.57. The zero-order chi connectivity index (χ0) is 15.6. The Labute approximate surface area is 138 Å². The number of nitrogens with zero attached hydrogens (tertiary/aromatic N) is 3. The van der Waals surface area contributed by atoms with E-state index in [1.807, 2.05) is 35.7 Å². The fourth-order valence-electron chi connectivity index (χ4n) is 2.05. The van der Waals surface area contributed by atoms with Crippen molar-refractivity contribution >= 4 is 33.3 Å². The van der Waals surface area contributed by atoms with Crippen LogP contribution in [-0.4, -0.2) is 20.2 Å². The van der Waals surface area contributed by atoms with Gasteiger partial charge in [0.05, 0.1) is 11.1 Å². The van der Waals surface area contributed by atoms with Crippen molar-refractivity contribution in [2.45, 2.75) is 10.9 Å². The van der Waals surface area contributed by atoms with E-state index in [0.29, 0.717) is 28.1 Å². The van der Waals surface area contributed by atoms with Crippen molar-refractivity contribution < 1.29 is 4.42 Å². The topological polar surface area (TPSA) is 84.7 Å². The first-order valence-corrected chi connectivity index (χ1v) is 8.64. The average molecular weight is 342 g/mol. The summed E-state index contributed by atoms with van der Waals surface area (Å²) in [6, 6.07) is 11.4. The van der Waals surface area contributed by atoms with Gasteiger partial charge < -0.3 is 9.40 Å². The van der Waals surface area contributed by atoms with Crippen LogP contribution in [0, 0.1) is 0 Å². The van der Waals surface area contributed by atoms with Gasteiger partial charge in [-0.05, 0) is 23.6 Å². The molecule has 0 aliphatic rings. The molecule has 1 aromatic carbocycles. The number of thiophene rings is 1. The van der Waals surface area contributed by atoms with Crippen LogP contribution in [0.5, 0.6) is 0 Å². The van der Waals surface area contributed by atoms with E-state index in [-0.39, 0.29) is 5.56 Å². The minimum absolute atomic E-state index is 0.130. The van der Waals surface area contributed by atoms with Crippen LogP contribution in [0.25, 0.3) is 21.7 Å². The number of hydrogen-bond acceptors (Lipinski definition) is 7. The molecule has 0 saturated carbocycles. The SMILES string of the molecule is O=c1[nH]c(SCc2nnc(-c3ccccc3)o2)nc2sccc12. The van der Waals surface area contributed by atoms with E-state index < -0.39 is 0 Å². The summed E-state index contributed by atoms with van der Waals surface area (Å²) in [6.07, 6.45) is 0. The van der Waals surface area contributed by atoms with E-state index in [1.165, 1.54) is 23.1 Å². The molecule has 6 nitrogen and oxygen atoms in total. The maximum Gasteiger partial charge on any atom is 0.260 e.